The molecule has 5 rings (SSSR count). The van der Waals surface area contributed by atoms with Crippen LogP contribution in [0.25, 0.3) is 5.76 Å². The van der Waals surface area contributed by atoms with Crippen LogP contribution in [0.5, 0.6) is 0 Å². The Morgan fingerprint density at radius 3 is 2.25 bits per heavy atom. The lowest BCUT2D eigenvalue weighted by Crippen LogP contribution is -2.29. The van der Waals surface area contributed by atoms with Crippen molar-refractivity contribution >= 4 is 61.0 Å². The van der Waals surface area contributed by atoms with Crippen molar-refractivity contribution in [2.24, 2.45) is 0 Å². The Morgan fingerprint density at radius 1 is 1.02 bits per heavy atom. The maximum absolute atomic E-state index is 13.3. The van der Waals surface area contributed by atoms with Gasteiger partial charge in [-0.15, -0.1) is 0 Å². The number of aliphatic hydroxyl groups is 1. The van der Waals surface area contributed by atoms with Gasteiger partial charge in [-0.05, 0) is 36.8 Å². The molecule has 1 unspecified atom stereocenters. The minimum atomic E-state index is -4.15. The molecule has 10 nitrogen and oxygen atoms in total. The Kier molecular flexibility index (Phi) is 7.00. The van der Waals surface area contributed by atoms with Crippen LogP contribution in [0.1, 0.15) is 22.7 Å². The number of ketones is 1. The van der Waals surface area contributed by atoms with Crippen LogP contribution >= 0.6 is 22.9 Å². The van der Waals surface area contributed by atoms with Gasteiger partial charge < -0.3 is 5.11 Å². The number of rotatable bonds is 6. The third kappa shape index (κ3) is 4.76. The van der Waals surface area contributed by atoms with Gasteiger partial charge in [0, 0.05) is 22.7 Å². The Morgan fingerprint density at radius 2 is 1.65 bits per heavy atom. The van der Waals surface area contributed by atoms with Gasteiger partial charge in [-0.2, -0.15) is 0 Å². The Hall–Kier alpha value is -4.39. The second kappa shape index (κ2) is 10.3. The molecule has 1 fully saturated rings. The van der Waals surface area contributed by atoms with Gasteiger partial charge in [0.15, 0.2) is 5.13 Å². The van der Waals surface area contributed by atoms with E-state index in [1.807, 2.05) is 6.92 Å². The van der Waals surface area contributed by atoms with Crippen LogP contribution in [-0.2, 0) is 19.4 Å². The summed E-state index contributed by atoms with van der Waals surface area (Å²) in [6.07, 6.45) is 1.05. The first-order valence-electron chi connectivity index (χ1n) is 11.6. The topological polar surface area (TPSA) is 148 Å². The number of hydrogen-bond donors (Lipinski definition) is 1. The summed E-state index contributed by atoms with van der Waals surface area (Å²) < 4.78 is 26.2. The fourth-order valence-corrected chi connectivity index (χ4v) is 6.88. The van der Waals surface area contributed by atoms with E-state index in [-0.39, 0.29) is 25.5 Å². The van der Waals surface area contributed by atoms with E-state index < -0.39 is 38.3 Å². The summed E-state index contributed by atoms with van der Waals surface area (Å²) in [5, 5.41) is 22.4. The number of aryl methyl sites for hydroxylation is 1. The lowest BCUT2D eigenvalue weighted by atomic mass is 9.95. The largest absolute Gasteiger partial charge is 0.507 e. The lowest BCUT2D eigenvalue weighted by Gasteiger charge is -2.23. The van der Waals surface area contributed by atoms with E-state index in [1.165, 1.54) is 0 Å². The van der Waals surface area contributed by atoms with Crippen LogP contribution in [0.3, 0.4) is 0 Å². The van der Waals surface area contributed by atoms with Gasteiger partial charge in [-0.25, -0.2) is 13.4 Å². The molecule has 202 valence electrons. The Labute approximate surface area is 236 Å². The zero-order chi connectivity index (χ0) is 28.8. The molecule has 0 aliphatic carbocycles. The van der Waals surface area contributed by atoms with Crippen molar-refractivity contribution in [1.29, 1.82) is 0 Å². The zero-order valence-electron chi connectivity index (χ0n) is 20.5. The summed E-state index contributed by atoms with van der Waals surface area (Å²) in [6.45, 7) is 1.86. The van der Waals surface area contributed by atoms with Crippen LogP contribution in [0.4, 0.5) is 10.8 Å². The van der Waals surface area contributed by atoms with E-state index in [1.54, 1.807) is 48.5 Å². The monoisotopic (exact) mass is 595 g/mol. The average Bonchev–Trinajstić information content (AvgIpc) is 3.53. The number of aliphatic hydroxyl groups excluding tert-OH is 1. The zero-order valence-corrected chi connectivity index (χ0v) is 22.9. The standard InChI is InChI=1S/C27H18ClN3O7S2/c1-15-2-4-17(5-3-15)24(32)22-23(16-6-8-18(28)9-7-16)30(26(34)25(22)33)27-29-14-21(39-27)40(37,38)20-12-10-19(11-13-20)31(35)36/h2-14,23,32H,1H3/b24-22+. The molecule has 2 heterocycles. The van der Waals surface area contributed by atoms with Gasteiger partial charge in [-0.3, -0.25) is 24.6 Å². The molecule has 0 radical (unpaired) electrons. The van der Waals surface area contributed by atoms with Gasteiger partial charge in [0.05, 0.1) is 27.6 Å². The molecule has 0 saturated carbocycles. The van der Waals surface area contributed by atoms with Gasteiger partial charge in [0.1, 0.15) is 9.97 Å². The van der Waals surface area contributed by atoms with Crippen LogP contribution in [-0.4, -0.2) is 35.1 Å². The summed E-state index contributed by atoms with van der Waals surface area (Å²) in [4.78, 5) is 41.9. The van der Waals surface area contributed by atoms with Crippen molar-refractivity contribution in [3.05, 3.63) is 116 Å². The summed E-state index contributed by atoms with van der Waals surface area (Å²) >= 11 is 6.71. The summed E-state index contributed by atoms with van der Waals surface area (Å²) in [6, 6.07) is 16.3. The quantitative estimate of drug-likeness (QED) is 0.101. The van der Waals surface area contributed by atoms with Crippen molar-refractivity contribution in [2.45, 2.75) is 22.1 Å². The number of benzene rings is 3. The molecular weight excluding hydrogens is 578 g/mol. The van der Waals surface area contributed by atoms with Crippen molar-refractivity contribution < 1.29 is 28.0 Å². The number of nitro groups is 1. The highest BCUT2D eigenvalue weighted by Crippen LogP contribution is 2.44. The molecular formula is C27H18ClN3O7S2. The number of nitrogens with zero attached hydrogens (tertiary/aromatic N) is 3. The predicted octanol–water partition coefficient (Wildman–Crippen LogP) is 5.47. The first-order valence-corrected chi connectivity index (χ1v) is 14.3. The second-order valence-electron chi connectivity index (χ2n) is 8.80. The van der Waals surface area contributed by atoms with Crippen LogP contribution in [0.15, 0.2) is 93.7 Å². The summed E-state index contributed by atoms with van der Waals surface area (Å²) in [5.41, 5.74) is 1.22. The predicted molar refractivity (Wildman–Crippen MR) is 148 cm³/mol. The maximum Gasteiger partial charge on any atom is 0.301 e. The van der Waals surface area contributed by atoms with Crippen molar-refractivity contribution in [1.82, 2.24) is 4.98 Å². The van der Waals surface area contributed by atoms with E-state index in [0.717, 1.165) is 40.9 Å². The van der Waals surface area contributed by atoms with Crippen LogP contribution in [0.2, 0.25) is 5.02 Å². The number of Topliss-reactive ketones (excluding diaryl/α,β-unsaturated/α-hetero) is 1. The van der Waals surface area contributed by atoms with E-state index >= 15 is 0 Å². The molecule has 1 N–H and O–H groups in total. The highest BCUT2D eigenvalue weighted by molar-refractivity contribution is 7.93. The Bertz CT molecular complexity index is 1800. The van der Waals surface area contributed by atoms with E-state index in [2.05, 4.69) is 4.98 Å². The average molecular weight is 596 g/mol. The fraction of sp³-hybridized carbons (Fsp3) is 0.0741. The van der Waals surface area contributed by atoms with Crippen molar-refractivity contribution in [3.8, 4) is 0 Å². The van der Waals surface area contributed by atoms with Gasteiger partial charge in [0.25, 0.3) is 11.5 Å². The number of hydrogen-bond acceptors (Lipinski definition) is 9. The third-order valence-electron chi connectivity index (χ3n) is 6.26. The minimum Gasteiger partial charge on any atom is -0.507 e. The molecule has 0 spiro atoms. The third-order valence-corrected chi connectivity index (χ3v) is 9.74. The molecule has 1 atom stereocenters. The van der Waals surface area contributed by atoms with Gasteiger partial charge in [0.2, 0.25) is 9.84 Å². The molecule has 1 aliphatic heterocycles. The second-order valence-corrected chi connectivity index (χ2v) is 12.4. The molecule has 13 heteroatoms. The van der Waals surface area contributed by atoms with Crippen molar-refractivity contribution in [2.75, 3.05) is 4.90 Å². The number of aromatic nitrogens is 1. The molecule has 1 aromatic heterocycles. The fourth-order valence-electron chi connectivity index (χ4n) is 4.21. The summed E-state index contributed by atoms with van der Waals surface area (Å²) in [7, 11) is -4.15. The van der Waals surface area contributed by atoms with Gasteiger partial charge >= 0.3 is 5.91 Å². The summed E-state index contributed by atoms with van der Waals surface area (Å²) in [5.74, 6) is -2.36. The van der Waals surface area contributed by atoms with E-state index in [4.69, 9.17) is 11.6 Å². The molecule has 1 amide bonds. The molecule has 0 bridgehead atoms. The number of amides is 1. The molecule has 4 aromatic rings. The van der Waals surface area contributed by atoms with Crippen LogP contribution < -0.4 is 4.90 Å². The number of carbonyl (C=O) groups excluding carboxylic acids is 2. The number of non-ortho nitro benzene ring substituents is 1. The number of nitro benzene ring substituents is 1. The maximum atomic E-state index is 13.3. The molecule has 1 aliphatic rings. The van der Waals surface area contributed by atoms with E-state index in [0.29, 0.717) is 27.5 Å². The first kappa shape index (κ1) is 27.2. The normalized spacial score (nSPS) is 16.9. The smallest absolute Gasteiger partial charge is 0.301 e. The van der Waals surface area contributed by atoms with Crippen molar-refractivity contribution in [3.63, 3.8) is 0 Å². The molecule has 1 saturated heterocycles. The highest BCUT2D eigenvalue weighted by Gasteiger charge is 2.48. The SMILES string of the molecule is Cc1ccc(/C(O)=C2\C(=O)C(=O)N(c3ncc(S(=O)(=O)c4ccc([N+](=O)[O-])cc4)s3)C2c2ccc(Cl)cc2)cc1. The lowest BCUT2D eigenvalue weighted by molar-refractivity contribution is -0.384. The number of carbonyl (C=O) groups is 2. The number of sulfone groups is 1. The van der Waals surface area contributed by atoms with E-state index in [9.17, 15) is 33.2 Å². The number of anilines is 1. The molecule has 3 aromatic carbocycles. The number of halogens is 1. The van der Waals surface area contributed by atoms with Gasteiger partial charge in [-0.1, -0.05) is 64.9 Å². The van der Waals surface area contributed by atoms with Crippen LogP contribution in [0, 0.1) is 17.0 Å². The Balaban J connectivity index is 1.62. The highest BCUT2D eigenvalue weighted by atomic mass is 35.5. The minimum absolute atomic E-state index is 0.0921. The molecule has 40 heavy (non-hydrogen) atoms. The first-order chi connectivity index (χ1) is 19.0. The number of thiazole rings is 1.